The van der Waals surface area contributed by atoms with E-state index >= 15 is 0 Å². The van der Waals surface area contributed by atoms with Crippen LogP contribution in [0.1, 0.15) is 15.9 Å². The maximum atomic E-state index is 11.5. The summed E-state index contributed by atoms with van der Waals surface area (Å²) in [5.41, 5.74) is 0.839. The number of methoxy groups -OCH3 is 1. The first kappa shape index (κ1) is 9.92. The molecule has 0 spiro atoms. The summed E-state index contributed by atoms with van der Waals surface area (Å²) in [6.07, 6.45) is 1.51. The van der Waals surface area contributed by atoms with Crippen LogP contribution in [0.2, 0.25) is 0 Å². The molecule has 0 aliphatic carbocycles. The first-order valence-corrected chi connectivity index (χ1v) is 5.75. The van der Waals surface area contributed by atoms with Gasteiger partial charge in [-0.15, -0.1) is 0 Å². The van der Waals surface area contributed by atoms with Crippen LogP contribution in [0.25, 0.3) is 6.08 Å². The van der Waals surface area contributed by atoms with Crippen LogP contribution in [0.15, 0.2) is 28.5 Å². The highest BCUT2D eigenvalue weighted by atomic mass is 32.2. The summed E-state index contributed by atoms with van der Waals surface area (Å²) in [7, 11) is -2.11. The predicted octanol–water partition coefficient (Wildman–Crippen LogP) is 1.23. The van der Waals surface area contributed by atoms with Crippen molar-refractivity contribution in [3.8, 4) is 0 Å². The van der Waals surface area contributed by atoms with Gasteiger partial charge in [0.15, 0.2) is 9.84 Å². The van der Waals surface area contributed by atoms with Crippen LogP contribution >= 0.6 is 0 Å². The molecule has 0 saturated carbocycles. The maximum absolute atomic E-state index is 11.5. The lowest BCUT2D eigenvalue weighted by atomic mass is 10.1. The van der Waals surface area contributed by atoms with Gasteiger partial charge in [0.1, 0.15) is 0 Å². The van der Waals surface area contributed by atoms with E-state index in [1.165, 1.54) is 25.3 Å². The molecule has 0 unspecified atom stereocenters. The fraction of sp³-hybridized carbons (Fsp3) is 0.100. The lowest BCUT2D eigenvalue weighted by Gasteiger charge is -2.02. The lowest BCUT2D eigenvalue weighted by molar-refractivity contribution is 0.0600. The van der Waals surface area contributed by atoms with E-state index < -0.39 is 15.8 Å². The van der Waals surface area contributed by atoms with Crippen molar-refractivity contribution in [1.82, 2.24) is 0 Å². The number of esters is 1. The molecule has 0 fully saturated rings. The van der Waals surface area contributed by atoms with Crippen LogP contribution in [0.3, 0.4) is 0 Å². The molecular weight excluding hydrogens is 216 g/mol. The number of hydrogen-bond donors (Lipinski definition) is 0. The average molecular weight is 224 g/mol. The van der Waals surface area contributed by atoms with Gasteiger partial charge in [0.05, 0.1) is 17.6 Å². The van der Waals surface area contributed by atoms with Gasteiger partial charge in [0, 0.05) is 5.41 Å². The van der Waals surface area contributed by atoms with Crippen molar-refractivity contribution in [2.75, 3.05) is 7.11 Å². The van der Waals surface area contributed by atoms with Crippen LogP contribution in [0.5, 0.6) is 0 Å². The smallest absolute Gasteiger partial charge is 0.337 e. The maximum Gasteiger partial charge on any atom is 0.337 e. The van der Waals surface area contributed by atoms with Gasteiger partial charge in [-0.2, -0.15) is 0 Å². The average Bonchev–Trinajstić information content (AvgIpc) is 2.53. The Labute approximate surface area is 87.1 Å². The van der Waals surface area contributed by atoms with E-state index in [1.807, 2.05) is 0 Å². The summed E-state index contributed by atoms with van der Waals surface area (Å²) < 4.78 is 27.5. The third-order valence-electron chi connectivity index (χ3n) is 2.17. The van der Waals surface area contributed by atoms with E-state index in [1.54, 1.807) is 6.07 Å². The Balaban J connectivity index is 2.59. The Morgan fingerprint density at radius 3 is 2.73 bits per heavy atom. The summed E-state index contributed by atoms with van der Waals surface area (Å²) in [6.45, 7) is 0. The van der Waals surface area contributed by atoms with Gasteiger partial charge in [-0.3, -0.25) is 0 Å². The highest BCUT2D eigenvalue weighted by Gasteiger charge is 2.22. The number of rotatable bonds is 1. The molecule has 0 N–H and O–H groups in total. The van der Waals surface area contributed by atoms with Gasteiger partial charge in [0.2, 0.25) is 0 Å². The van der Waals surface area contributed by atoms with Gasteiger partial charge in [-0.1, -0.05) is 6.07 Å². The van der Waals surface area contributed by atoms with Crippen LogP contribution in [-0.2, 0) is 14.6 Å². The first-order valence-electron chi connectivity index (χ1n) is 4.20. The molecule has 0 atom stereocenters. The normalized spacial score (nSPS) is 16.1. The van der Waals surface area contributed by atoms with Gasteiger partial charge < -0.3 is 4.74 Å². The number of fused-ring (bicyclic) bond motifs is 1. The van der Waals surface area contributed by atoms with Crippen molar-refractivity contribution in [3.63, 3.8) is 0 Å². The van der Waals surface area contributed by atoms with Crippen molar-refractivity contribution < 1.29 is 17.9 Å². The molecule has 0 radical (unpaired) electrons. The Morgan fingerprint density at radius 2 is 2.07 bits per heavy atom. The number of carbonyl (C=O) groups is 1. The number of ether oxygens (including phenoxy) is 1. The van der Waals surface area contributed by atoms with Crippen molar-refractivity contribution >= 4 is 21.9 Å². The van der Waals surface area contributed by atoms with E-state index in [4.69, 9.17) is 0 Å². The zero-order valence-corrected chi connectivity index (χ0v) is 8.74. The van der Waals surface area contributed by atoms with Crippen molar-refractivity contribution in [2.24, 2.45) is 0 Å². The third kappa shape index (κ3) is 1.55. The molecular formula is C10H8O4S. The van der Waals surface area contributed by atoms with Crippen molar-refractivity contribution in [1.29, 1.82) is 0 Å². The van der Waals surface area contributed by atoms with Crippen molar-refractivity contribution in [3.05, 3.63) is 34.7 Å². The Bertz CT molecular complexity index is 555. The Kier molecular flexibility index (Phi) is 2.12. The molecule has 78 valence electrons. The summed E-state index contributed by atoms with van der Waals surface area (Å²) >= 11 is 0. The van der Waals surface area contributed by atoms with E-state index in [0.29, 0.717) is 5.56 Å². The standard InChI is InChI=1S/C10H8O4S/c1-14-10(11)8-3-2-7-4-5-15(12,13)9(7)6-8/h2-6H,1H3. The topological polar surface area (TPSA) is 60.4 Å². The molecule has 0 bridgehead atoms. The molecule has 1 aliphatic heterocycles. The molecule has 2 rings (SSSR count). The molecule has 0 aromatic heterocycles. The Hall–Kier alpha value is -1.62. The molecule has 1 aromatic carbocycles. The highest BCUT2D eigenvalue weighted by Crippen LogP contribution is 2.27. The Morgan fingerprint density at radius 1 is 1.33 bits per heavy atom. The number of sulfone groups is 1. The van der Waals surface area contributed by atoms with E-state index in [2.05, 4.69) is 4.74 Å². The summed E-state index contributed by atoms with van der Waals surface area (Å²) in [4.78, 5) is 11.3. The summed E-state index contributed by atoms with van der Waals surface area (Å²) in [5, 5.41) is 1.12. The largest absolute Gasteiger partial charge is 0.465 e. The fourth-order valence-electron chi connectivity index (χ4n) is 1.40. The van der Waals surface area contributed by atoms with Crippen LogP contribution in [-0.4, -0.2) is 21.5 Å². The van der Waals surface area contributed by atoms with Gasteiger partial charge >= 0.3 is 5.97 Å². The molecule has 0 amide bonds. The van der Waals surface area contributed by atoms with Crippen LogP contribution < -0.4 is 0 Å². The second-order valence-electron chi connectivity index (χ2n) is 3.09. The second kappa shape index (κ2) is 3.20. The molecule has 1 heterocycles. The van der Waals surface area contributed by atoms with Gasteiger partial charge in [-0.05, 0) is 23.8 Å². The number of hydrogen-bond acceptors (Lipinski definition) is 4. The SMILES string of the molecule is COC(=O)c1ccc2c(c1)S(=O)(=O)C=C2. The fourth-order valence-corrected chi connectivity index (χ4v) is 2.63. The zero-order chi connectivity index (χ0) is 11.1. The minimum Gasteiger partial charge on any atom is -0.465 e. The summed E-state index contributed by atoms with van der Waals surface area (Å²) in [6, 6.07) is 4.45. The summed E-state index contributed by atoms with van der Waals surface area (Å²) in [5.74, 6) is -0.542. The molecule has 5 heteroatoms. The van der Waals surface area contributed by atoms with Crippen LogP contribution in [0.4, 0.5) is 0 Å². The molecule has 1 aromatic rings. The monoisotopic (exact) mass is 224 g/mol. The molecule has 15 heavy (non-hydrogen) atoms. The predicted molar refractivity (Wildman–Crippen MR) is 54.0 cm³/mol. The minimum atomic E-state index is -3.36. The second-order valence-corrected chi connectivity index (χ2v) is 4.89. The highest BCUT2D eigenvalue weighted by molar-refractivity contribution is 7.94. The van der Waals surface area contributed by atoms with E-state index in [-0.39, 0.29) is 10.5 Å². The van der Waals surface area contributed by atoms with E-state index in [0.717, 1.165) is 5.41 Å². The quantitative estimate of drug-likeness (QED) is 0.673. The molecule has 0 saturated heterocycles. The number of carbonyl (C=O) groups excluding carboxylic acids is 1. The lowest BCUT2D eigenvalue weighted by Crippen LogP contribution is -2.03. The van der Waals surface area contributed by atoms with Gasteiger partial charge in [-0.25, -0.2) is 13.2 Å². The third-order valence-corrected chi connectivity index (χ3v) is 3.63. The zero-order valence-electron chi connectivity index (χ0n) is 7.93. The number of benzene rings is 1. The molecule has 4 nitrogen and oxygen atoms in total. The minimum absolute atomic E-state index is 0.158. The van der Waals surface area contributed by atoms with Crippen molar-refractivity contribution in [2.45, 2.75) is 4.90 Å². The van der Waals surface area contributed by atoms with Crippen LogP contribution in [0, 0.1) is 0 Å². The first-order chi connectivity index (χ1) is 7.04. The van der Waals surface area contributed by atoms with Gasteiger partial charge in [0.25, 0.3) is 0 Å². The molecule has 1 aliphatic rings. The van der Waals surface area contributed by atoms with E-state index in [9.17, 15) is 13.2 Å².